The lowest BCUT2D eigenvalue weighted by atomic mass is 10.1. The van der Waals surface area contributed by atoms with E-state index >= 15 is 0 Å². The van der Waals surface area contributed by atoms with Crippen LogP contribution in [0.4, 0.5) is 11.4 Å². The molecule has 6 nitrogen and oxygen atoms in total. The Bertz CT molecular complexity index is 665. The Morgan fingerprint density at radius 2 is 2.28 bits per heavy atom. The molecule has 1 N–H and O–H groups in total. The van der Waals surface area contributed by atoms with Gasteiger partial charge in [-0.25, -0.2) is 0 Å². The van der Waals surface area contributed by atoms with Gasteiger partial charge in [-0.05, 0) is 13.6 Å². The lowest BCUT2D eigenvalue weighted by molar-refractivity contribution is 0.768. The van der Waals surface area contributed by atoms with Gasteiger partial charge in [0, 0.05) is 36.8 Å². The minimum absolute atomic E-state index is 0.258. The predicted molar refractivity (Wildman–Crippen MR) is 72.3 cm³/mol. The number of pyridine rings is 1. The Morgan fingerprint density at radius 1 is 1.50 bits per heavy atom. The van der Waals surface area contributed by atoms with Gasteiger partial charge in [0.2, 0.25) is 0 Å². The largest absolute Gasteiger partial charge is 0.326 e. The van der Waals surface area contributed by atoms with Crippen molar-refractivity contribution in [3.05, 3.63) is 28.9 Å². The van der Waals surface area contributed by atoms with E-state index in [1.165, 1.54) is 0 Å². The van der Waals surface area contributed by atoms with E-state index in [1.807, 2.05) is 13.2 Å². The van der Waals surface area contributed by atoms with Gasteiger partial charge in [-0.1, -0.05) is 0 Å². The number of nitrogens with zero attached hydrogens (tertiary/aromatic N) is 4. The number of aryl methyl sites for hydroxylation is 1. The molecule has 18 heavy (non-hydrogen) atoms. The summed E-state index contributed by atoms with van der Waals surface area (Å²) in [7, 11) is 1.82. The van der Waals surface area contributed by atoms with Crippen LogP contribution in [-0.2, 0) is 7.05 Å². The number of H-pyrrole nitrogens is 1. The molecule has 2 heterocycles. The van der Waals surface area contributed by atoms with E-state index in [0.717, 1.165) is 11.1 Å². The lowest BCUT2D eigenvalue weighted by Gasteiger charge is -2.05. The highest BCUT2D eigenvalue weighted by Gasteiger charge is 2.13. The zero-order valence-electron chi connectivity index (χ0n) is 10.2. The molecule has 0 radical (unpaired) electrons. The Labute approximate surface area is 104 Å². The van der Waals surface area contributed by atoms with Crippen molar-refractivity contribution in [2.75, 3.05) is 0 Å². The normalized spacial score (nSPS) is 11.0. The highest BCUT2D eigenvalue weighted by atomic mass is 16.1. The SMILES string of the molecule is C=Nc1c(-c2cnn(C)c2)c[nH]c(=O)c1/N=C\C. The molecule has 6 heteroatoms. The Hall–Kier alpha value is -2.50. The van der Waals surface area contributed by atoms with Crippen molar-refractivity contribution < 1.29 is 0 Å². The zero-order chi connectivity index (χ0) is 13.1. The first-order valence-corrected chi connectivity index (χ1v) is 5.37. The maximum Gasteiger partial charge on any atom is 0.276 e. The molecule has 0 fully saturated rings. The first-order chi connectivity index (χ1) is 8.67. The van der Waals surface area contributed by atoms with Crippen molar-refractivity contribution in [3.8, 4) is 11.1 Å². The van der Waals surface area contributed by atoms with Gasteiger partial charge in [-0.2, -0.15) is 5.10 Å². The van der Waals surface area contributed by atoms with Gasteiger partial charge < -0.3 is 4.98 Å². The standard InChI is InChI=1S/C12H13N5O/c1-4-14-11-10(13-2)9(6-15-12(11)18)8-5-16-17(3)7-8/h4-7H,2H2,1,3H3,(H,15,18)/b14-4-. The van der Waals surface area contributed by atoms with Gasteiger partial charge in [-0.15, -0.1) is 0 Å². The van der Waals surface area contributed by atoms with Crippen LogP contribution in [-0.4, -0.2) is 27.7 Å². The lowest BCUT2D eigenvalue weighted by Crippen LogP contribution is -2.05. The first kappa shape index (κ1) is 12.0. The van der Waals surface area contributed by atoms with Crippen LogP contribution >= 0.6 is 0 Å². The first-order valence-electron chi connectivity index (χ1n) is 5.37. The second-order valence-corrected chi connectivity index (χ2v) is 3.68. The zero-order valence-corrected chi connectivity index (χ0v) is 10.2. The Balaban J connectivity index is 2.72. The van der Waals surface area contributed by atoms with E-state index in [2.05, 4.69) is 26.8 Å². The molecule has 0 saturated heterocycles. The number of rotatable bonds is 3. The van der Waals surface area contributed by atoms with E-state index in [9.17, 15) is 4.79 Å². The number of aliphatic imine (C=N–C) groups is 2. The summed E-state index contributed by atoms with van der Waals surface area (Å²) in [6, 6.07) is 0. The fraction of sp³-hybridized carbons (Fsp3) is 0.167. The summed E-state index contributed by atoms with van der Waals surface area (Å²) in [5.41, 5.74) is 2.03. The molecule has 0 bridgehead atoms. The van der Waals surface area contributed by atoms with Crippen LogP contribution in [0.5, 0.6) is 0 Å². The quantitative estimate of drug-likeness (QED) is 0.835. The van der Waals surface area contributed by atoms with Crippen LogP contribution < -0.4 is 5.56 Å². The van der Waals surface area contributed by atoms with Crippen LogP contribution in [0.1, 0.15) is 6.92 Å². The van der Waals surface area contributed by atoms with E-state index in [1.54, 1.807) is 30.2 Å². The highest BCUT2D eigenvalue weighted by molar-refractivity contribution is 5.84. The van der Waals surface area contributed by atoms with Crippen LogP contribution in [0.3, 0.4) is 0 Å². The number of aromatic amines is 1. The molecule has 0 aliphatic carbocycles. The molecule has 2 rings (SSSR count). The minimum Gasteiger partial charge on any atom is -0.326 e. The molecule has 0 aliphatic rings. The molecular weight excluding hydrogens is 230 g/mol. The summed E-state index contributed by atoms with van der Waals surface area (Å²) >= 11 is 0. The second kappa shape index (κ2) is 4.79. The number of aromatic nitrogens is 3. The van der Waals surface area contributed by atoms with Gasteiger partial charge in [-0.3, -0.25) is 19.5 Å². The van der Waals surface area contributed by atoms with E-state index in [0.29, 0.717) is 5.69 Å². The van der Waals surface area contributed by atoms with Gasteiger partial charge in [0.1, 0.15) is 5.69 Å². The van der Waals surface area contributed by atoms with Crippen molar-refractivity contribution in [3.63, 3.8) is 0 Å². The predicted octanol–water partition coefficient (Wildman–Crippen LogP) is 1.83. The van der Waals surface area contributed by atoms with Crippen molar-refractivity contribution >= 4 is 24.3 Å². The van der Waals surface area contributed by atoms with Gasteiger partial charge in [0.05, 0.1) is 6.20 Å². The fourth-order valence-electron chi connectivity index (χ4n) is 1.70. The van der Waals surface area contributed by atoms with Gasteiger partial charge in [0.25, 0.3) is 5.56 Å². The highest BCUT2D eigenvalue weighted by Crippen LogP contribution is 2.34. The molecular formula is C12H13N5O. The molecule has 92 valence electrons. The second-order valence-electron chi connectivity index (χ2n) is 3.68. The third-order valence-corrected chi connectivity index (χ3v) is 2.47. The maximum atomic E-state index is 11.7. The molecule has 0 amide bonds. The van der Waals surface area contributed by atoms with Crippen LogP contribution in [0.15, 0.2) is 33.4 Å². The average Bonchev–Trinajstić information content (AvgIpc) is 2.78. The summed E-state index contributed by atoms with van der Waals surface area (Å²) in [4.78, 5) is 22.3. The summed E-state index contributed by atoms with van der Waals surface area (Å²) in [6.45, 7) is 5.24. The fourth-order valence-corrected chi connectivity index (χ4v) is 1.70. The molecule has 0 aromatic carbocycles. The number of hydrogen-bond donors (Lipinski definition) is 1. The summed E-state index contributed by atoms with van der Waals surface area (Å²) in [5, 5.41) is 4.09. The summed E-state index contributed by atoms with van der Waals surface area (Å²) in [6.07, 6.45) is 6.67. The van der Waals surface area contributed by atoms with Crippen molar-refractivity contribution in [2.45, 2.75) is 6.92 Å². The topological polar surface area (TPSA) is 75.4 Å². The summed E-state index contributed by atoms with van der Waals surface area (Å²) < 4.78 is 1.68. The van der Waals surface area contributed by atoms with Crippen LogP contribution in [0.2, 0.25) is 0 Å². The summed E-state index contributed by atoms with van der Waals surface area (Å²) in [5.74, 6) is 0. The molecule has 2 aromatic rings. The number of nitrogens with one attached hydrogen (secondary N) is 1. The van der Waals surface area contributed by atoms with Crippen molar-refractivity contribution in [1.82, 2.24) is 14.8 Å². The molecule has 2 aromatic heterocycles. The number of hydrogen-bond acceptors (Lipinski definition) is 4. The molecule has 0 saturated carbocycles. The third kappa shape index (κ3) is 2.00. The van der Waals surface area contributed by atoms with Crippen molar-refractivity contribution in [2.24, 2.45) is 17.0 Å². The Kier molecular flexibility index (Phi) is 3.18. The molecule has 0 aliphatic heterocycles. The van der Waals surface area contributed by atoms with E-state index in [4.69, 9.17) is 0 Å². The monoisotopic (exact) mass is 243 g/mol. The van der Waals surface area contributed by atoms with E-state index in [-0.39, 0.29) is 11.2 Å². The van der Waals surface area contributed by atoms with Crippen LogP contribution in [0.25, 0.3) is 11.1 Å². The van der Waals surface area contributed by atoms with Gasteiger partial charge in [0.15, 0.2) is 5.69 Å². The Morgan fingerprint density at radius 3 is 2.83 bits per heavy atom. The maximum absolute atomic E-state index is 11.7. The minimum atomic E-state index is -0.289. The third-order valence-electron chi connectivity index (χ3n) is 2.47. The molecule has 0 spiro atoms. The molecule has 0 unspecified atom stereocenters. The average molecular weight is 243 g/mol. The van der Waals surface area contributed by atoms with Crippen molar-refractivity contribution in [1.29, 1.82) is 0 Å². The smallest absolute Gasteiger partial charge is 0.276 e. The molecule has 0 atom stereocenters. The van der Waals surface area contributed by atoms with E-state index < -0.39 is 0 Å². The van der Waals surface area contributed by atoms with Crippen LogP contribution in [0, 0.1) is 0 Å². The van der Waals surface area contributed by atoms with Gasteiger partial charge >= 0.3 is 0 Å².